The number of carbonyl (C=O) groups excluding carboxylic acids is 1. The Morgan fingerprint density at radius 3 is 2.96 bits per heavy atom. The minimum absolute atomic E-state index is 0.00895. The van der Waals surface area contributed by atoms with E-state index in [-0.39, 0.29) is 24.1 Å². The first-order chi connectivity index (χ1) is 12.0. The van der Waals surface area contributed by atoms with Crippen LogP contribution < -0.4 is 5.56 Å². The predicted molar refractivity (Wildman–Crippen MR) is 98.4 cm³/mol. The van der Waals surface area contributed by atoms with Crippen LogP contribution in [0.4, 0.5) is 0 Å². The molecule has 130 valence electrons. The maximum Gasteiger partial charge on any atom is 0.266 e. The lowest BCUT2D eigenvalue weighted by Crippen LogP contribution is -2.37. The van der Waals surface area contributed by atoms with E-state index >= 15 is 0 Å². The summed E-state index contributed by atoms with van der Waals surface area (Å²) in [5.74, 6) is -0.0563. The van der Waals surface area contributed by atoms with Crippen LogP contribution in [0.15, 0.2) is 33.2 Å². The van der Waals surface area contributed by atoms with Crippen molar-refractivity contribution in [3.05, 3.63) is 43.7 Å². The smallest absolute Gasteiger partial charge is 0.266 e. The molecule has 0 N–H and O–H groups in total. The minimum Gasteiger partial charge on any atom is -0.333 e. The fraction of sp³-hybridized carbons (Fsp3) is 0.375. The molecule has 1 amide bonds. The molecule has 1 saturated carbocycles. The van der Waals surface area contributed by atoms with Crippen molar-refractivity contribution in [2.24, 2.45) is 7.05 Å². The molecule has 4 rings (SSSR count). The summed E-state index contributed by atoms with van der Waals surface area (Å²) in [6.07, 6.45) is 3.47. The average molecular weight is 422 g/mol. The van der Waals surface area contributed by atoms with Crippen LogP contribution in [-0.2, 0) is 24.9 Å². The molecule has 9 heteroatoms. The van der Waals surface area contributed by atoms with Gasteiger partial charge in [0.25, 0.3) is 5.56 Å². The lowest BCUT2D eigenvalue weighted by atomic mass is 10.3. The molecule has 3 heterocycles. The van der Waals surface area contributed by atoms with E-state index in [9.17, 15) is 9.59 Å². The van der Waals surface area contributed by atoms with Crippen molar-refractivity contribution in [1.82, 2.24) is 24.2 Å². The predicted octanol–water partition coefficient (Wildman–Crippen LogP) is 2.15. The standard InChI is InChI=1S/C16H16BrN5O2S/c1-20-15-13(14(17)19-20)16(24)21(9-18-15)8-12(23)22(10-4-5-10)7-11-3-2-6-25-11/h2-3,6,9-10H,4-5,7-8H2,1H3. The molecule has 3 aromatic heterocycles. The van der Waals surface area contributed by atoms with Crippen LogP contribution >= 0.6 is 27.3 Å². The van der Waals surface area contributed by atoms with Crippen LogP contribution in [0.5, 0.6) is 0 Å². The molecule has 0 radical (unpaired) electrons. The Hall–Kier alpha value is -2.00. The van der Waals surface area contributed by atoms with E-state index in [1.165, 1.54) is 10.9 Å². The van der Waals surface area contributed by atoms with Crippen LogP contribution in [0.3, 0.4) is 0 Å². The molecule has 0 spiro atoms. The quantitative estimate of drug-likeness (QED) is 0.632. The van der Waals surface area contributed by atoms with Crippen LogP contribution in [0.1, 0.15) is 17.7 Å². The molecule has 1 aliphatic rings. The number of hydrogen-bond donors (Lipinski definition) is 0. The van der Waals surface area contributed by atoms with E-state index in [1.807, 2.05) is 22.4 Å². The number of hydrogen-bond acceptors (Lipinski definition) is 5. The molecule has 0 unspecified atom stereocenters. The largest absolute Gasteiger partial charge is 0.333 e. The fourth-order valence-electron chi connectivity index (χ4n) is 2.86. The second-order valence-corrected chi connectivity index (χ2v) is 7.91. The van der Waals surface area contributed by atoms with Crippen molar-refractivity contribution in [3.63, 3.8) is 0 Å². The van der Waals surface area contributed by atoms with Gasteiger partial charge < -0.3 is 4.90 Å². The zero-order valence-electron chi connectivity index (χ0n) is 13.6. The molecule has 25 heavy (non-hydrogen) atoms. The van der Waals surface area contributed by atoms with Crippen molar-refractivity contribution < 1.29 is 4.79 Å². The second-order valence-electron chi connectivity index (χ2n) is 6.12. The van der Waals surface area contributed by atoms with E-state index in [1.54, 1.807) is 23.1 Å². The molecule has 1 fully saturated rings. The molecule has 3 aromatic rings. The summed E-state index contributed by atoms with van der Waals surface area (Å²) in [6, 6.07) is 4.30. The van der Waals surface area contributed by atoms with E-state index in [0.717, 1.165) is 17.7 Å². The summed E-state index contributed by atoms with van der Waals surface area (Å²) in [5, 5.41) is 6.56. The Morgan fingerprint density at radius 1 is 1.48 bits per heavy atom. The van der Waals surface area contributed by atoms with Crippen molar-refractivity contribution >= 4 is 44.2 Å². The number of aryl methyl sites for hydroxylation is 1. The number of fused-ring (bicyclic) bond motifs is 1. The SMILES string of the molecule is Cn1nc(Br)c2c(=O)n(CC(=O)N(Cc3cccs3)C3CC3)cnc21. The highest BCUT2D eigenvalue weighted by Crippen LogP contribution is 2.29. The molecular formula is C16H16BrN5O2S. The van der Waals surface area contributed by atoms with Gasteiger partial charge in [-0.3, -0.25) is 14.2 Å². The Bertz CT molecular complexity index is 990. The average Bonchev–Trinajstić information content (AvgIpc) is 3.20. The second kappa shape index (κ2) is 6.38. The van der Waals surface area contributed by atoms with Gasteiger partial charge in [-0.15, -0.1) is 11.3 Å². The Kier molecular flexibility index (Phi) is 4.20. The van der Waals surface area contributed by atoms with Crippen LogP contribution in [-0.4, -0.2) is 36.2 Å². The minimum atomic E-state index is -0.259. The zero-order valence-corrected chi connectivity index (χ0v) is 16.0. The van der Waals surface area contributed by atoms with E-state index in [0.29, 0.717) is 22.2 Å². The van der Waals surface area contributed by atoms with Crippen LogP contribution in [0.2, 0.25) is 0 Å². The lowest BCUT2D eigenvalue weighted by Gasteiger charge is -2.22. The van der Waals surface area contributed by atoms with Gasteiger partial charge in [0.15, 0.2) is 5.65 Å². The number of amides is 1. The molecule has 1 aliphatic carbocycles. The molecule has 0 saturated heterocycles. The maximum absolute atomic E-state index is 12.8. The van der Waals surface area contributed by atoms with Gasteiger partial charge in [0.2, 0.25) is 5.91 Å². The molecule has 0 atom stereocenters. The highest BCUT2D eigenvalue weighted by molar-refractivity contribution is 9.10. The number of carbonyl (C=O) groups is 1. The van der Waals surface area contributed by atoms with Gasteiger partial charge in [-0.1, -0.05) is 6.07 Å². The zero-order chi connectivity index (χ0) is 17.6. The van der Waals surface area contributed by atoms with Gasteiger partial charge >= 0.3 is 0 Å². The normalized spacial score (nSPS) is 14.2. The molecule has 7 nitrogen and oxygen atoms in total. The fourth-order valence-corrected chi connectivity index (χ4v) is 4.15. The summed E-state index contributed by atoms with van der Waals surface area (Å²) in [4.78, 5) is 32.8. The maximum atomic E-state index is 12.8. The van der Waals surface area contributed by atoms with Gasteiger partial charge in [0.1, 0.15) is 22.9 Å². The first kappa shape index (κ1) is 16.5. The third kappa shape index (κ3) is 3.13. The molecule has 0 aliphatic heterocycles. The molecule has 0 aromatic carbocycles. The van der Waals surface area contributed by atoms with Gasteiger partial charge in [0.05, 0.1) is 6.54 Å². The first-order valence-electron chi connectivity index (χ1n) is 7.94. The van der Waals surface area contributed by atoms with Crippen molar-refractivity contribution in [2.45, 2.75) is 32.0 Å². The van der Waals surface area contributed by atoms with E-state index < -0.39 is 0 Å². The third-order valence-corrected chi connectivity index (χ3v) is 5.70. The van der Waals surface area contributed by atoms with Gasteiger partial charge in [0, 0.05) is 18.0 Å². The Morgan fingerprint density at radius 2 is 2.28 bits per heavy atom. The summed E-state index contributed by atoms with van der Waals surface area (Å²) < 4.78 is 3.35. The summed E-state index contributed by atoms with van der Waals surface area (Å²) in [6.45, 7) is 0.590. The highest BCUT2D eigenvalue weighted by atomic mass is 79.9. The first-order valence-corrected chi connectivity index (χ1v) is 9.61. The number of aromatic nitrogens is 4. The van der Waals surface area contributed by atoms with Gasteiger partial charge in [-0.05, 0) is 40.2 Å². The summed E-state index contributed by atoms with van der Waals surface area (Å²) >= 11 is 4.93. The number of nitrogens with zero attached hydrogens (tertiary/aromatic N) is 5. The van der Waals surface area contributed by atoms with Crippen LogP contribution in [0, 0.1) is 0 Å². The van der Waals surface area contributed by atoms with E-state index in [2.05, 4.69) is 26.0 Å². The number of rotatable bonds is 5. The Balaban J connectivity index is 1.61. The number of halogens is 1. The monoisotopic (exact) mass is 421 g/mol. The lowest BCUT2D eigenvalue weighted by molar-refractivity contribution is -0.133. The van der Waals surface area contributed by atoms with Crippen molar-refractivity contribution in [3.8, 4) is 0 Å². The van der Waals surface area contributed by atoms with Crippen molar-refractivity contribution in [2.75, 3.05) is 0 Å². The Labute approximate surface area is 156 Å². The summed E-state index contributed by atoms with van der Waals surface area (Å²) in [5.41, 5.74) is 0.239. The topological polar surface area (TPSA) is 73.0 Å². The van der Waals surface area contributed by atoms with Crippen molar-refractivity contribution in [1.29, 1.82) is 0 Å². The van der Waals surface area contributed by atoms with Gasteiger partial charge in [-0.2, -0.15) is 5.10 Å². The van der Waals surface area contributed by atoms with E-state index in [4.69, 9.17) is 0 Å². The third-order valence-electron chi connectivity index (χ3n) is 4.29. The van der Waals surface area contributed by atoms with Gasteiger partial charge in [-0.25, -0.2) is 9.67 Å². The highest BCUT2D eigenvalue weighted by Gasteiger charge is 2.33. The molecule has 0 bridgehead atoms. The summed E-state index contributed by atoms with van der Waals surface area (Å²) in [7, 11) is 1.73. The van der Waals surface area contributed by atoms with Crippen LogP contribution in [0.25, 0.3) is 11.0 Å². The number of thiophene rings is 1. The molecular weight excluding hydrogens is 406 g/mol.